The van der Waals surface area contributed by atoms with Crippen LogP contribution in [0.1, 0.15) is 45.0 Å². The summed E-state index contributed by atoms with van der Waals surface area (Å²) in [5, 5.41) is 5.10. The summed E-state index contributed by atoms with van der Waals surface area (Å²) in [7, 11) is 0. The van der Waals surface area contributed by atoms with Crippen molar-refractivity contribution in [1.29, 1.82) is 0 Å². The lowest BCUT2D eigenvalue weighted by molar-refractivity contribution is -0.117. The molecule has 7 heteroatoms. The van der Waals surface area contributed by atoms with Gasteiger partial charge >= 0.3 is 12.1 Å². The Balaban J connectivity index is 2.57. The fourth-order valence-electron chi connectivity index (χ4n) is 1.70. The van der Waals surface area contributed by atoms with E-state index in [9.17, 15) is 14.4 Å². The third-order valence-corrected chi connectivity index (χ3v) is 2.79. The first-order chi connectivity index (χ1) is 11.1. The van der Waals surface area contributed by atoms with E-state index in [1.807, 2.05) is 0 Å². The third kappa shape index (κ3) is 6.68. The maximum absolute atomic E-state index is 12.1. The van der Waals surface area contributed by atoms with Crippen molar-refractivity contribution in [3.63, 3.8) is 0 Å². The van der Waals surface area contributed by atoms with Crippen molar-refractivity contribution in [2.45, 2.75) is 46.3 Å². The minimum absolute atomic E-state index is 0.297. The third-order valence-electron chi connectivity index (χ3n) is 2.79. The van der Waals surface area contributed by atoms with Gasteiger partial charge in [0.15, 0.2) is 0 Å². The molecule has 0 bridgehead atoms. The summed E-state index contributed by atoms with van der Waals surface area (Å²) < 4.78 is 9.98. The normalized spacial score (nSPS) is 12.0. The van der Waals surface area contributed by atoms with Gasteiger partial charge in [-0.2, -0.15) is 0 Å². The zero-order valence-electron chi connectivity index (χ0n) is 14.6. The van der Waals surface area contributed by atoms with E-state index in [4.69, 9.17) is 9.47 Å². The highest BCUT2D eigenvalue weighted by Gasteiger charge is 2.21. The summed E-state index contributed by atoms with van der Waals surface area (Å²) in [6.07, 6.45) is -0.664. The number of hydrogen-bond acceptors (Lipinski definition) is 5. The number of benzene rings is 1. The van der Waals surface area contributed by atoms with Gasteiger partial charge in [0.1, 0.15) is 11.6 Å². The van der Waals surface area contributed by atoms with Crippen LogP contribution in [0.3, 0.4) is 0 Å². The second kappa shape index (κ2) is 8.33. The average Bonchev–Trinajstić information content (AvgIpc) is 2.46. The Bertz CT molecular complexity index is 590. The number of amides is 2. The molecule has 0 radical (unpaired) electrons. The maximum Gasteiger partial charge on any atom is 0.408 e. The summed E-state index contributed by atoms with van der Waals surface area (Å²) in [5.74, 6) is -0.819. The van der Waals surface area contributed by atoms with Crippen LogP contribution in [0, 0.1) is 0 Å². The van der Waals surface area contributed by atoms with Crippen LogP contribution >= 0.6 is 0 Å². The lowest BCUT2D eigenvalue weighted by atomic mass is 10.2. The van der Waals surface area contributed by atoms with E-state index in [1.165, 1.54) is 0 Å². The van der Waals surface area contributed by atoms with E-state index in [0.29, 0.717) is 17.9 Å². The number of hydrogen-bond donors (Lipinski definition) is 2. The predicted octanol–water partition coefficient (Wildman–Crippen LogP) is 2.72. The van der Waals surface area contributed by atoms with Gasteiger partial charge in [0.25, 0.3) is 0 Å². The molecule has 2 amide bonds. The molecule has 0 unspecified atom stereocenters. The monoisotopic (exact) mass is 336 g/mol. The topological polar surface area (TPSA) is 93.7 Å². The van der Waals surface area contributed by atoms with Gasteiger partial charge in [0.2, 0.25) is 5.91 Å². The van der Waals surface area contributed by atoms with Gasteiger partial charge in [-0.25, -0.2) is 9.59 Å². The van der Waals surface area contributed by atoms with Crippen molar-refractivity contribution >= 4 is 23.7 Å². The second-order valence-corrected chi connectivity index (χ2v) is 6.15. The molecule has 1 atom stereocenters. The molecule has 0 saturated carbocycles. The number of ether oxygens (including phenoxy) is 2. The Labute approximate surface area is 141 Å². The second-order valence-electron chi connectivity index (χ2n) is 6.15. The highest BCUT2D eigenvalue weighted by molar-refractivity contribution is 5.97. The Hall–Kier alpha value is -2.57. The summed E-state index contributed by atoms with van der Waals surface area (Å²) in [6.45, 7) is 8.79. The SMILES string of the molecule is CCOC(=O)c1ccc(NC(=O)[C@@H](C)NC(=O)OC(C)(C)C)cc1. The van der Waals surface area contributed by atoms with Gasteiger partial charge < -0.3 is 20.1 Å². The van der Waals surface area contributed by atoms with Gasteiger partial charge in [-0.3, -0.25) is 4.79 Å². The molecule has 0 saturated heterocycles. The molecule has 0 aromatic heterocycles. The Morgan fingerprint density at radius 1 is 1.12 bits per heavy atom. The van der Waals surface area contributed by atoms with Crippen LogP contribution in [0.25, 0.3) is 0 Å². The number of carbonyl (C=O) groups excluding carboxylic acids is 3. The summed E-state index contributed by atoms with van der Waals surface area (Å²) in [6, 6.07) is 5.51. The molecule has 0 aliphatic rings. The van der Waals surface area contributed by atoms with Gasteiger partial charge in [0.05, 0.1) is 12.2 Å². The average molecular weight is 336 g/mol. The molecule has 1 rings (SSSR count). The van der Waals surface area contributed by atoms with Gasteiger partial charge in [-0.05, 0) is 58.9 Å². The Kier molecular flexibility index (Phi) is 6.76. The molecule has 0 fully saturated rings. The molecular formula is C17H24N2O5. The first-order valence-electron chi connectivity index (χ1n) is 7.70. The van der Waals surface area contributed by atoms with E-state index in [2.05, 4.69) is 10.6 Å². The fraction of sp³-hybridized carbons (Fsp3) is 0.471. The van der Waals surface area contributed by atoms with Crippen LogP contribution in [0.4, 0.5) is 10.5 Å². The van der Waals surface area contributed by atoms with E-state index in [-0.39, 0.29) is 0 Å². The van der Waals surface area contributed by atoms with Gasteiger partial charge in [0, 0.05) is 5.69 Å². The highest BCUT2D eigenvalue weighted by atomic mass is 16.6. The van der Waals surface area contributed by atoms with Crippen molar-refractivity contribution in [3.8, 4) is 0 Å². The highest BCUT2D eigenvalue weighted by Crippen LogP contribution is 2.11. The van der Waals surface area contributed by atoms with Crippen LogP contribution in [0.15, 0.2) is 24.3 Å². The zero-order valence-corrected chi connectivity index (χ0v) is 14.6. The van der Waals surface area contributed by atoms with Crippen molar-refractivity contribution in [3.05, 3.63) is 29.8 Å². The Morgan fingerprint density at radius 3 is 2.21 bits per heavy atom. The van der Waals surface area contributed by atoms with Crippen LogP contribution < -0.4 is 10.6 Å². The van der Waals surface area contributed by atoms with E-state index in [1.54, 1.807) is 58.9 Å². The first kappa shape index (κ1) is 19.5. The number of alkyl carbamates (subject to hydrolysis) is 1. The fourth-order valence-corrected chi connectivity index (χ4v) is 1.70. The molecule has 7 nitrogen and oxygen atoms in total. The number of nitrogens with one attached hydrogen (secondary N) is 2. The zero-order chi connectivity index (χ0) is 18.3. The number of carbonyl (C=O) groups is 3. The van der Waals surface area contributed by atoms with Gasteiger partial charge in [-0.15, -0.1) is 0 Å². The molecule has 0 aliphatic heterocycles. The summed E-state index contributed by atoms with van der Waals surface area (Å²) >= 11 is 0. The molecule has 2 N–H and O–H groups in total. The van der Waals surface area contributed by atoms with Crippen LogP contribution in [0.2, 0.25) is 0 Å². The van der Waals surface area contributed by atoms with Crippen molar-refractivity contribution in [2.75, 3.05) is 11.9 Å². The Morgan fingerprint density at radius 2 is 1.71 bits per heavy atom. The number of esters is 1. The summed E-state index contributed by atoms with van der Waals surface area (Å²) in [4.78, 5) is 35.3. The van der Waals surface area contributed by atoms with Crippen molar-refractivity contribution in [2.24, 2.45) is 0 Å². The molecule has 1 aromatic rings. The molecule has 0 spiro atoms. The molecule has 24 heavy (non-hydrogen) atoms. The molecule has 0 heterocycles. The van der Waals surface area contributed by atoms with E-state index in [0.717, 1.165) is 0 Å². The van der Waals surface area contributed by atoms with E-state index >= 15 is 0 Å². The number of rotatable bonds is 5. The quantitative estimate of drug-likeness (QED) is 0.806. The standard InChI is InChI=1S/C17H24N2O5/c1-6-23-15(21)12-7-9-13(10-8-12)19-14(20)11(2)18-16(22)24-17(3,4)5/h7-11H,6H2,1-5H3,(H,18,22)(H,19,20)/t11-/m1/s1. The molecule has 0 aliphatic carbocycles. The smallest absolute Gasteiger partial charge is 0.408 e. The first-order valence-corrected chi connectivity index (χ1v) is 7.70. The molecular weight excluding hydrogens is 312 g/mol. The van der Waals surface area contributed by atoms with Crippen LogP contribution in [0.5, 0.6) is 0 Å². The van der Waals surface area contributed by atoms with Crippen molar-refractivity contribution in [1.82, 2.24) is 5.32 Å². The van der Waals surface area contributed by atoms with Gasteiger partial charge in [-0.1, -0.05) is 0 Å². The molecule has 132 valence electrons. The predicted molar refractivity (Wildman–Crippen MR) is 89.9 cm³/mol. The van der Waals surface area contributed by atoms with Crippen LogP contribution in [-0.4, -0.2) is 36.2 Å². The largest absolute Gasteiger partial charge is 0.462 e. The van der Waals surface area contributed by atoms with E-state index < -0.39 is 29.6 Å². The maximum atomic E-state index is 12.1. The summed E-state index contributed by atoms with van der Waals surface area (Å²) in [5.41, 5.74) is 0.268. The van der Waals surface area contributed by atoms with Crippen molar-refractivity contribution < 1.29 is 23.9 Å². The minimum Gasteiger partial charge on any atom is -0.462 e. The molecule has 1 aromatic carbocycles. The minimum atomic E-state index is -0.774. The lowest BCUT2D eigenvalue weighted by Gasteiger charge is -2.21. The van der Waals surface area contributed by atoms with Crippen LogP contribution in [-0.2, 0) is 14.3 Å². The number of anilines is 1. The lowest BCUT2D eigenvalue weighted by Crippen LogP contribution is -2.43.